The van der Waals surface area contributed by atoms with Crippen LogP contribution in [0.5, 0.6) is 0 Å². The Bertz CT molecular complexity index is 1470. The number of nitrogens with two attached hydrogens (primary N) is 1. The number of rotatable bonds is 19. The van der Waals surface area contributed by atoms with Crippen LogP contribution >= 0.6 is 0 Å². The molecule has 5 N–H and O–H groups in total. The van der Waals surface area contributed by atoms with Crippen LogP contribution in [0.2, 0.25) is 0 Å². The largest absolute Gasteiger partial charge is 0.512 e. The van der Waals surface area contributed by atoms with E-state index in [0.717, 1.165) is 0 Å². The Morgan fingerprint density at radius 1 is 0.771 bits per heavy atom. The summed E-state index contributed by atoms with van der Waals surface area (Å²) in [6.07, 6.45) is 1.03. The number of carbonyl (C=O) groups excluding carboxylic acids is 5. The first-order valence-corrected chi connectivity index (χ1v) is 16.7. The van der Waals surface area contributed by atoms with E-state index in [0.29, 0.717) is 36.2 Å². The number of aliphatic hydroxyl groups is 1. The fourth-order valence-corrected chi connectivity index (χ4v) is 6.04. The van der Waals surface area contributed by atoms with Gasteiger partial charge in [0.2, 0.25) is 11.8 Å². The van der Waals surface area contributed by atoms with Gasteiger partial charge in [-0.2, -0.15) is 0 Å². The highest BCUT2D eigenvalue weighted by molar-refractivity contribution is 6.09. The maximum Gasteiger partial charge on any atom is 0.251 e. The maximum atomic E-state index is 13.7. The van der Waals surface area contributed by atoms with Crippen LogP contribution in [-0.4, -0.2) is 47.5 Å². The Kier molecular flexibility index (Phi) is 13.9. The van der Waals surface area contributed by atoms with Crippen molar-refractivity contribution in [1.29, 1.82) is 0 Å². The number of allylic oxidation sites excluding steroid dienone is 1. The van der Waals surface area contributed by atoms with E-state index < -0.39 is 28.1 Å². The van der Waals surface area contributed by atoms with Crippen LogP contribution < -0.4 is 16.4 Å². The molecule has 4 unspecified atom stereocenters. The van der Waals surface area contributed by atoms with Gasteiger partial charge in [0.1, 0.15) is 5.78 Å². The summed E-state index contributed by atoms with van der Waals surface area (Å²) in [5.41, 5.74) is 4.56. The third kappa shape index (κ3) is 9.87. The number of carbonyl (C=O) groups is 5. The van der Waals surface area contributed by atoms with Gasteiger partial charge >= 0.3 is 0 Å². The molecule has 0 radical (unpaired) electrons. The number of primary amides is 1. The van der Waals surface area contributed by atoms with Crippen LogP contribution in [0.15, 0.2) is 66.9 Å². The third-order valence-electron chi connectivity index (χ3n) is 10.5. The Hall–Kier alpha value is -4.27. The molecule has 0 aliphatic carbocycles. The molecule has 0 bridgehead atoms. The summed E-state index contributed by atoms with van der Waals surface area (Å²) < 4.78 is 0. The standard InChI is InChI=1S/C39H55N3O6/c1-25(2)38(8,28(6)44)23-32(34(40)46)22-37(7,27(5)43)24-39(9,26(3)4)36(48)42-21-13-20-41-35(47)31-18-16-30(17-19-31)33(45)29-14-11-10-12-15-29/h10-12,14-19,25-26,32,44H,6,13,20-24H2,1-5,7-9H3,(H2,40,46)(H,41,47)(H,42,48). The fourth-order valence-electron chi connectivity index (χ4n) is 6.04. The molecule has 0 aromatic heterocycles. The lowest BCUT2D eigenvalue weighted by Crippen LogP contribution is -2.48. The van der Waals surface area contributed by atoms with E-state index in [1.54, 1.807) is 55.5 Å². The van der Waals surface area contributed by atoms with Crippen LogP contribution in [-0.2, 0) is 14.4 Å². The lowest BCUT2D eigenvalue weighted by Gasteiger charge is -2.42. The SMILES string of the molecule is C=C(O)C(C)(CC(CC(C)(CC(C)(C(=O)NCCCNC(=O)c1ccc(C(=O)c2ccccc2)cc1)C(C)C)C(C)=O)C(N)=O)C(C)C. The number of hydrogen-bond acceptors (Lipinski definition) is 6. The molecule has 0 heterocycles. The summed E-state index contributed by atoms with van der Waals surface area (Å²) in [6, 6.07) is 15.4. The predicted molar refractivity (Wildman–Crippen MR) is 189 cm³/mol. The summed E-state index contributed by atoms with van der Waals surface area (Å²) in [5.74, 6) is -2.28. The molecule has 0 spiro atoms. The molecule has 2 aromatic rings. The minimum Gasteiger partial charge on any atom is -0.512 e. The van der Waals surface area contributed by atoms with Crippen molar-refractivity contribution in [2.75, 3.05) is 13.1 Å². The first-order chi connectivity index (χ1) is 22.3. The summed E-state index contributed by atoms with van der Waals surface area (Å²) in [5, 5.41) is 16.2. The molecule has 4 atom stereocenters. The molecule has 262 valence electrons. The summed E-state index contributed by atoms with van der Waals surface area (Å²) in [7, 11) is 0. The second-order valence-corrected chi connectivity index (χ2v) is 14.5. The van der Waals surface area contributed by atoms with E-state index in [1.807, 2.05) is 47.6 Å². The first kappa shape index (κ1) is 39.9. The minimum absolute atomic E-state index is 0.0342. The molecule has 48 heavy (non-hydrogen) atoms. The van der Waals surface area contributed by atoms with Gasteiger partial charge in [-0.1, -0.05) is 97.5 Å². The number of ketones is 2. The zero-order valence-corrected chi connectivity index (χ0v) is 29.9. The van der Waals surface area contributed by atoms with Gasteiger partial charge in [-0.05, 0) is 56.6 Å². The lowest BCUT2D eigenvalue weighted by molar-refractivity contribution is -0.139. The predicted octanol–water partition coefficient (Wildman–Crippen LogP) is 6.42. The molecule has 3 amide bonds. The fraction of sp³-hybridized carbons (Fsp3) is 0.513. The van der Waals surface area contributed by atoms with Crippen molar-refractivity contribution in [3.8, 4) is 0 Å². The summed E-state index contributed by atoms with van der Waals surface area (Å²) >= 11 is 0. The molecule has 9 nitrogen and oxygen atoms in total. The van der Waals surface area contributed by atoms with Gasteiger partial charge in [-0.25, -0.2) is 0 Å². The molecule has 2 rings (SSSR count). The Labute approximate surface area is 286 Å². The summed E-state index contributed by atoms with van der Waals surface area (Å²) in [4.78, 5) is 64.8. The molecule has 9 heteroatoms. The average Bonchev–Trinajstić information content (AvgIpc) is 3.03. The van der Waals surface area contributed by atoms with Crippen molar-refractivity contribution in [2.45, 2.75) is 81.1 Å². The molecule has 0 saturated carbocycles. The molecule has 2 aromatic carbocycles. The van der Waals surface area contributed by atoms with E-state index in [4.69, 9.17) is 5.73 Å². The third-order valence-corrected chi connectivity index (χ3v) is 10.5. The van der Waals surface area contributed by atoms with Crippen molar-refractivity contribution in [3.63, 3.8) is 0 Å². The van der Waals surface area contributed by atoms with E-state index in [2.05, 4.69) is 17.2 Å². The first-order valence-electron chi connectivity index (χ1n) is 16.7. The van der Waals surface area contributed by atoms with Crippen molar-refractivity contribution in [2.24, 2.45) is 39.7 Å². The van der Waals surface area contributed by atoms with Crippen LogP contribution in [0, 0.1) is 34.0 Å². The molecule has 0 saturated heterocycles. The van der Waals surface area contributed by atoms with Crippen molar-refractivity contribution >= 4 is 29.3 Å². The number of aliphatic hydroxyl groups excluding tert-OH is 1. The smallest absolute Gasteiger partial charge is 0.251 e. The van der Waals surface area contributed by atoms with E-state index in [-0.39, 0.29) is 60.2 Å². The van der Waals surface area contributed by atoms with Gasteiger partial charge in [0.15, 0.2) is 5.78 Å². The average molecular weight is 662 g/mol. The normalized spacial score (nSPS) is 15.8. The van der Waals surface area contributed by atoms with Crippen molar-refractivity contribution in [3.05, 3.63) is 83.6 Å². The zero-order chi connectivity index (χ0) is 36.4. The number of benzene rings is 2. The van der Waals surface area contributed by atoms with Crippen molar-refractivity contribution in [1.82, 2.24) is 10.6 Å². The zero-order valence-electron chi connectivity index (χ0n) is 29.9. The maximum absolute atomic E-state index is 13.7. The van der Waals surface area contributed by atoms with E-state index >= 15 is 0 Å². The highest BCUT2D eigenvalue weighted by atomic mass is 16.3. The Morgan fingerprint density at radius 3 is 1.75 bits per heavy atom. The molecular formula is C39H55N3O6. The summed E-state index contributed by atoms with van der Waals surface area (Å²) in [6.45, 7) is 19.0. The van der Waals surface area contributed by atoms with Gasteiger partial charge in [0.05, 0.1) is 5.76 Å². The monoisotopic (exact) mass is 661 g/mol. The second kappa shape index (κ2) is 16.7. The number of amides is 3. The Balaban J connectivity index is 2.03. The lowest BCUT2D eigenvalue weighted by atomic mass is 9.61. The Morgan fingerprint density at radius 2 is 1.27 bits per heavy atom. The number of Topliss-reactive ketones (excluding diaryl/α,β-unsaturated/α-hetero) is 1. The second-order valence-electron chi connectivity index (χ2n) is 14.5. The molecular weight excluding hydrogens is 606 g/mol. The van der Waals surface area contributed by atoms with Crippen molar-refractivity contribution < 1.29 is 29.1 Å². The van der Waals surface area contributed by atoms with Gasteiger partial charge < -0.3 is 21.5 Å². The van der Waals surface area contributed by atoms with E-state index in [9.17, 15) is 29.1 Å². The van der Waals surface area contributed by atoms with Gasteiger partial charge in [-0.3, -0.25) is 24.0 Å². The highest BCUT2D eigenvalue weighted by Crippen LogP contribution is 2.47. The van der Waals surface area contributed by atoms with Crippen LogP contribution in [0.4, 0.5) is 0 Å². The van der Waals surface area contributed by atoms with Gasteiger partial charge in [-0.15, -0.1) is 0 Å². The van der Waals surface area contributed by atoms with Crippen LogP contribution in [0.3, 0.4) is 0 Å². The number of hydrogen-bond donors (Lipinski definition) is 4. The van der Waals surface area contributed by atoms with Crippen LogP contribution in [0.25, 0.3) is 0 Å². The topological polar surface area (TPSA) is 156 Å². The quantitative estimate of drug-likeness (QED) is 0.0774. The highest BCUT2D eigenvalue weighted by Gasteiger charge is 2.47. The number of nitrogens with one attached hydrogen (secondary N) is 2. The molecule has 0 fully saturated rings. The van der Waals surface area contributed by atoms with Gasteiger partial charge in [0.25, 0.3) is 5.91 Å². The minimum atomic E-state index is -1.04. The molecule has 0 aliphatic rings. The van der Waals surface area contributed by atoms with Gasteiger partial charge in [0, 0.05) is 51.9 Å². The molecule has 0 aliphatic heterocycles. The van der Waals surface area contributed by atoms with Crippen LogP contribution in [0.1, 0.15) is 107 Å². The van der Waals surface area contributed by atoms with E-state index in [1.165, 1.54) is 6.92 Å².